The molecule has 1 aromatic rings. The molecule has 1 fully saturated rings. The molecule has 0 radical (unpaired) electrons. The Morgan fingerprint density at radius 3 is 2.25 bits per heavy atom. The Morgan fingerprint density at radius 2 is 1.80 bits per heavy atom. The fourth-order valence-corrected chi connectivity index (χ4v) is 3.11. The molecule has 1 heterocycles. The fraction of sp³-hybridized carbons (Fsp3) is 0.647. The number of rotatable bonds is 4. The highest BCUT2D eigenvalue weighted by atomic mass is 16.5. The van der Waals surface area contributed by atoms with Crippen LogP contribution >= 0.6 is 0 Å². The van der Waals surface area contributed by atoms with Crippen LogP contribution in [-0.2, 0) is 4.74 Å². The summed E-state index contributed by atoms with van der Waals surface area (Å²) < 4.78 is 11.3. The quantitative estimate of drug-likeness (QED) is 0.910. The molecule has 1 aliphatic rings. The Labute approximate surface area is 122 Å². The van der Waals surface area contributed by atoms with E-state index < -0.39 is 0 Å². The van der Waals surface area contributed by atoms with Crippen molar-refractivity contribution < 1.29 is 9.47 Å². The maximum atomic E-state index is 6.14. The van der Waals surface area contributed by atoms with Crippen molar-refractivity contribution in [2.45, 2.75) is 64.3 Å². The van der Waals surface area contributed by atoms with Gasteiger partial charge in [0.25, 0.3) is 0 Å². The molecule has 1 aliphatic heterocycles. The molecule has 20 heavy (non-hydrogen) atoms. The van der Waals surface area contributed by atoms with Gasteiger partial charge in [-0.05, 0) is 58.7 Å². The van der Waals surface area contributed by atoms with Gasteiger partial charge >= 0.3 is 0 Å². The van der Waals surface area contributed by atoms with Crippen LogP contribution in [0.4, 0.5) is 0 Å². The van der Waals surface area contributed by atoms with Crippen molar-refractivity contribution in [3.63, 3.8) is 0 Å². The molecule has 1 N–H and O–H groups in total. The van der Waals surface area contributed by atoms with Crippen LogP contribution in [0.25, 0.3) is 0 Å². The molecule has 3 nitrogen and oxygen atoms in total. The summed E-state index contributed by atoms with van der Waals surface area (Å²) in [5.41, 5.74) is 1.08. The molecule has 1 saturated heterocycles. The van der Waals surface area contributed by atoms with Crippen LogP contribution in [0.1, 0.15) is 52.6 Å². The molecule has 2 rings (SSSR count). The van der Waals surface area contributed by atoms with E-state index in [1.54, 1.807) is 7.11 Å². The van der Waals surface area contributed by atoms with Crippen LogP contribution in [0.2, 0.25) is 0 Å². The summed E-state index contributed by atoms with van der Waals surface area (Å²) in [7, 11) is 1.69. The van der Waals surface area contributed by atoms with Gasteiger partial charge in [0.2, 0.25) is 0 Å². The summed E-state index contributed by atoms with van der Waals surface area (Å²) in [4.78, 5) is 0. The highest BCUT2D eigenvalue weighted by Crippen LogP contribution is 2.38. The standard InChI is InChI=1S/C17H27NO2/c1-12(13-7-9-14(19-6)10-8-13)18-15-11-16(2,3)20-17(15,4)5/h7-10,12,15,18H,11H2,1-6H3/t12-,15?/m0/s1. The Bertz CT molecular complexity index is 451. The smallest absolute Gasteiger partial charge is 0.118 e. The van der Waals surface area contributed by atoms with Crippen molar-refractivity contribution in [1.29, 1.82) is 0 Å². The van der Waals surface area contributed by atoms with Gasteiger partial charge in [0.05, 0.1) is 18.3 Å². The van der Waals surface area contributed by atoms with Crippen molar-refractivity contribution in [2.24, 2.45) is 0 Å². The van der Waals surface area contributed by atoms with Crippen LogP contribution in [0.15, 0.2) is 24.3 Å². The molecule has 0 aliphatic carbocycles. The zero-order chi connectivity index (χ0) is 15.0. The minimum atomic E-state index is -0.135. The largest absolute Gasteiger partial charge is 0.497 e. The topological polar surface area (TPSA) is 30.5 Å². The van der Waals surface area contributed by atoms with Crippen molar-refractivity contribution in [3.8, 4) is 5.75 Å². The summed E-state index contributed by atoms with van der Waals surface area (Å²) in [5, 5.41) is 3.71. The Morgan fingerprint density at radius 1 is 1.20 bits per heavy atom. The molecule has 0 saturated carbocycles. The lowest BCUT2D eigenvalue weighted by molar-refractivity contribution is -0.0703. The summed E-state index contributed by atoms with van der Waals surface area (Å²) in [6, 6.07) is 8.90. The van der Waals surface area contributed by atoms with Gasteiger partial charge in [0.1, 0.15) is 5.75 Å². The van der Waals surface area contributed by atoms with Gasteiger partial charge in [-0.25, -0.2) is 0 Å². The summed E-state index contributed by atoms with van der Waals surface area (Å²) in [5.74, 6) is 0.895. The van der Waals surface area contributed by atoms with E-state index in [0.717, 1.165) is 12.2 Å². The van der Waals surface area contributed by atoms with Gasteiger partial charge in [0.15, 0.2) is 0 Å². The number of nitrogens with one attached hydrogen (secondary N) is 1. The lowest BCUT2D eigenvalue weighted by Crippen LogP contribution is -2.44. The highest BCUT2D eigenvalue weighted by Gasteiger charge is 2.46. The van der Waals surface area contributed by atoms with Gasteiger partial charge < -0.3 is 14.8 Å². The average Bonchev–Trinajstić information content (AvgIpc) is 2.57. The first-order chi connectivity index (χ1) is 9.23. The van der Waals surface area contributed by atoms with Crippen LogP contribution in [0, 0.1) is 0 Å². The molecule has 0 amide bonds. The lowest BCUT2D eigenvalue weighted by Gasteiger charge is -2.30. The third kappa shape index (κ3) is 3.33. The first kappa shape index (κ1) is 15.3. The lowest BCUT2D eigenvalue weighted by atomic mass is 9.93. The van der Waals surface area contributed by atoms with E-state index in [-0.39, 0.29) is 11.2 Å². The zero-order valence-electron chi connectivity index (χ0n) is 13.5. The Hall–Kier alpha value is -1.06. The first-order valence-electron chi connectivity index (χ1n) is 7.34. The number of ether oxygens (including phenoxy) is 2. The van der Waals surface area contributed by atoms with Crippen molar-refractivity contribution in [2.75, 3.05) is 7.11 Å². The van der Waals surface area contributed by atoms with Gasteiger partial charge in [0, 0.05) is 12.1 Å². The second kappa shape index (κ2) is 5.38. The first-order valence-corrected chi connectivity index (χ1v) is 7.34. The van der Waals surface area contributed by atoms with Crippen molar-refractivity contribution in [1.82, 2.24) is 5.32 Å². The Kier molecular flexibility index (Phi) is 4.12. The minimum Gasteiger partial charge on any atom is -0.497 e. The van der Waals surface area contributed by atoms with Crippen LogP contribution in [0.5, 0.6) is 5.75 Å². The molecular weight excluding hydrogens is 250 g/mol. The SMILES string of the molecule is COc1ccc([C@H](C)NC2CC(C)(C)OC2(C)C)cc1. The fourth-order valence-electron chi connectivity index (χ4n) is 3.11. The van der Waals surface area contributed by atoms with Crippen LogP contribution < -0.4 is 10.1 Å². The molecule has 2 atom stereocenters. The molecule has 0 bridgehead atoms. The number of hydrogen-bond acceptors (Lipinski definition) is 3. The van der Waals surface area contributed by atoms with Crippen molar-refractivity contribution in [3.05, 3.63) is 29.8 Å². The molecule has 0 aromatic heterocycles. The predicted molar refractivity (Wildman–Crippen MR) is 82.2 cm³/mol. The van der Waals surface area contributed by atoms with Gasteiger partial charge in [-0.1, -0.05) is 12.1 Å². The maximum absolute atomic E-state index is 6.14. The zero-order valence-corrected chi connectivity index (χ0v) is 13.5. The second-order valence-corrected chi connectivity index (χ2v) is 6.88. The molecule has 1 unspecified atom stereocenters. The number of hydrogen-bond donors (Lipinski definition) is 1. The number of benzene rings is 1. The van der Waals surface area contributed by atoms with E-state index in [1.165, 1.54) is 5.56 Å². The van der Waals surface area contributed by atoms with Gasteiger partial charge in [-0.2, -0.15) is 0 Å². The average molecular weight is 277 g/mol. The molecular formula is C17H27NO2. The minimum absolute atomic E-state index is 0.0548. The summed E-state index contributed by atoms with van der Waals surface area (Å²) in [6.07, 6.45) is 1.03. The molecule has 1 aromatic carbocycles. The van der Waals surface area contributed by atoms with Crippen LogP contribution in [0.3, 0.4) is 0 Å². The van der Waals surface area contributed by atoms with E-state index >= 15 is 0 Å². The van der Waals surface area contributed by atoms with Crippen LogP contribution in [-0.4, -0.2) is 24.4 Å². The normalized spacial score (nSPS) is 25.4. The number of methoxy groups -OCH3 is 1. The van der Waals surface area contributed by atoms with E-state index in [2.05, 4.69) is 52.1 Å². The molecule has 0 spiro atoms. The van der Waals surface area contributed by atoms with Gasteiger partial charge in [-0.15, -0.1) is 0 Å². The third-order valence-corrected chi connectivity index (χ3v) is 4.14. The second-order valence-electron chi connectivity index (χ2n) is 6.88. The molecule has 3 heteroatoms. The monoisotopic (exact) mass is 277 g/mol. The molecule has 112 valence electrons. The predicted octanol–water partition coefficient (Wildman–Crippen LogP) is 3.69. The summed E-state index contributed by atoms with van der Waals surface area (Å²) >= 11 is 0. The van der Waals surface area contributed by atoms with E-state index in [4.69, 9.17) is 9.47 Å². The van der Waals surface area contributed by atoms with E-state index in [1.807, 2.05) is 12.1 Å². The third-order valence-electron chi connectivity index (χ3n) is 4.14. The Balaban J connectivity index is 2.05. The maximum Gasteiger partial charge on any atom is 0.118 e. The van der Waals surface area contributed by atoms with E-state index in [0.29, 0.717) is 12.1 Å². The summed E-state index contributed by atoms with van der Waals surface area (Å²) in [6.45, 7) is 10.9. The van der Waals surface area contributed by atoms with E-state index in [9.17, 15) is 0 Å². The van der Waals surface area contributed by atoms with Crippen molar-refractivity contribution >= 4 is 0 Å². The van der Waals surface area contributed by atoms with Gasteiger partial charge in [-0.3, -0.25) is 0 Å². The highest BCUT2D eigenvalue weighted by molar-refractivity contribution is 5.29.